The van der Waals surface area contributed by atoms with Crippen LogP contribution in [0.3, 0.4) is 0 Å². The Bertz CT molecular complexity index is 963. The predicted molar refractivity (Wildman–Crippen MR) is 118 cm³/mol. The maximum atomic E-state index is 9.96. The van der Waals surface area contributed by atoms with Crippen molar-refractivity contribution in [2.45, 2.75) is 12.5 Å². The topological polar surface area (TPSA) is 74.6 Å². The number of hydrogen-bond donors (Lipinski definition) is 1. The van der Waals surface area contributed by atoms with Gasteiger partial charge in [-0.05, 0) is 56.9 Å². The molecule has 1 saturated heterocycles. The fourth-order valence-electron chi connectivity index (χ4n) is 3.39. The van der Waals surface area contributed by atoms with E-state index in [1.807, 2.05) is 56.6 Å². The molecule has 0 unspecified atom stereocenters. The first-order valence-electron chi connectivity index (χ1n) is 10.2. The molecule has 0 saturated carbocycles. The molecule has 3 aromatic rings. The number of hydrogen-bond acceptors (Lipinski definition) is 7. The van der Waals surface area contributed by atoms with Gasteiger partial charge in [-0.3, -0.25) is 4.98 Å². The van der Waals surface area contributed by atoms with Crippen LogP contribution in [0.4, 0.5) is 5.82 Å². The van der Waals surface area contributed by atoms with E-state index >= 15 is 0 Å². The molecular formula is C23H27N5O2. The van der Waals surface area contributed by atoms with E-state index in [1.165, 1.54) is 0 Å². The largest absolute Gasteiger partial charge is 0.492 e. The average Bonchev–Trinajstić information content (AvgIpc) is 3.21. The predicted octanol–water partition coefficient (Wildman–Crippen LogP) is 2.72. The normalized spacial score (nSPS) is 16.3. The Morgan fingerprint density at radius 3 is 2.63 bits per heavy atom. The SMILES string of the molecule is CN(C)CCOc1ccc(-c2cc(N3CC[C@H](O)C3)nc(-c3cccnc3)n2)cc1. The van der Waals surface area contributed by atoms with E-state index in [2.05, 4.69) is 14.8 Å². The first-order valence-corrected chi connectivity index (χ1v) is 10.2. The van der Waals surface area contributed by atoms with Gasteiger partial charge in [0.2, 0.25) is 0 Å². The zero-order valence-electron chi connectivity index (χ0n) is 17.4. The van der Waals surface area contributed by atoms with Crippen molar-refractivity contribution < 1.29 is 9.84 Å². The van der Waals surface area contributed by atoms with Gasteiger partial charge in [-0.15, -0.1) is 0 Å². The number of nitrogens with zero attached hydrogens (tertiary/aromatic N) is 5. The van der Waals surface area contributed by atoms with Crippen molar-refractivity contribution in [2.24, 2.45) is 0 Å². The summed E-state index contributed by atoms with van der Waals surface area (Å²) in [5.41, 5.74) is 2.69. The summed E-state index contributed by atoms with van der Waals surface area (Å²) in [5.74, 6) is 2.29. The number of aromatic nitrogens is 3. The molecule has 1 aromatic carbocycles. The second-order valence-electron chi connectivity index (χ2n) is 7.74. The Morgan fingerprint density at radius 2 is 1.97 bits per heavy atom. The minimum Gasteiger partial charge on any atom is -0.492 e. The molecule has 4 rings (SSSR count). The fourth-order valence-corrected chi connectivity index (χ4v) is 3.39. The van der Waals surface area contributed by atoms with Crippen molar-refractivity contribution in [3.8, 4) is 28.4 Å². The lowest BCUT2D eigenvalue weighted by Gasteiger charge is -2.18. The average molecular weight is 406 g/mol. The highest BCUT2D eigenvalue weighted by molar-refractivity contribution is 5.68. The van der Waals surface area contributed by atoms with Crippen molar-refractivity contribution in [3.05, 3.63) is 54.9 Å². The molecule has 0 amide bonds. The third-order valence-electron chi connectivity index (χ3n) is 5.08. The standard InChI is InChI=1S/C23H27N5O2/c1-27(2)12-13-30-20-7-5-17(6-8-20)21-14-22(28-11-9-19(29)16-28)26-23(25-21)18-4-3-10-24-15-18/h3-8,10,14-15,19,29H,9,11-13,16H2,1-2H3/t19-/m0/s1. The molecule has 0 aliphatic carbocycles. The molecule has 156 valence electrons. The van der Waals surface area contributed by atoms with Gasteiger partial charge in [0.15, 0.2) is 5.82 Å². The van der Waals surface area contributed by atoms with E-state index in [1.54, 1.807) is 12.4 Å². The number of aliphatic hydroxyl groups excluding tert-OH is 1. The molecule has 7 nitrogen and oxygen atoms in total. The first-order chi connectivity index (χ1) is 14.6. The molecule has 0 radical (unpaired) electrons. The summed E-state index contributed by atoms with van der Waals surface area (Å²) in [4.78, 5) is 17.9. The van der Waals surface area contributed by atoms with Crippen molar-refractivity contribution >= 4 is 5.82 Å². The summed E-state index contributed by atoms with van der Waals surface area (Å²) in [5, 5.41) is 9.96. The number of likely N-dealkylation sites (N-methyl/N-ethyl adjacent to an activating group) is 1. The van der Waals surface area contributed by atoms with E-state index in [9.17, 15) is 5.11 Å². The van der Waals surface area contributed by atoms with Crippen molar-refractivity contribution in [1.29, 1.82) is 0 Å². The molecule has 1 atom stereocenters. The second kappa shape index (κ2) is 9.19. The highest BCUT2D eigenvalue weighted by Gasteiger charge is 2.23. The van der Waals surface area contributed by atoms with E-state index < -0.39 is 0 Å². The Kier molecular flexibility index (Phi) is 6.21. The van der Waals surface area contributed by atoms with Crippen LogP contribution in [0.5, 0.6) is 5.75 Å². The summed E-state index contributed by atoms with van der Waals surface area (Å²) >= 11 is 0. The quantitative estimate of drug-likeness (QED) is 0.648. The fraction of sp³-hybridized carbons (Fsp3) is 0.348. The minimum absolute atomic E-state index is 0.316. The van der Waals surface area contributed by atoms with Gasteiger partial charge in [0.25, 0.3) is 0 Å². The second-order valence-corrected chi connectivity index (χ2v) is 7.74. The molecule has 0 spiro atoms. The van der Waals surface area contributed by atoms with Crippen LogP contribution in [0.2, 0.25) is 0 Å². The molecule has 1 aliphatic heterocycles. The molecule has 1 aliphatic rings. The molecule has 2 aromatic heterocycles. The van der Waals surface area contributed by atoms with Crippen LogP contribution in [0.1, 0.15) is 6.42 Å². The highest BCUT2D eigenvalue weighted by atomic mass is 16.5. The van der Waals surface area contributed by atoms with Gasteiger partial charge in [-0.2, -0.15) is 0 Å². The van der Waals surface area contributed by atoms with Gasteiger partial charge in [-0.1, -0.05) is 0 Å². The van der Waals surface area contributed by atoms with Gasteiger partial charge in [0.05, 0.1) is 11.8 Å². The summed E-state index contributed by atoms with van der Waals surface area (Å²) in [7, 11) is 4.05. The lowest BCUT2D eigenvalue weighted by molar-refractivity contribution is 0.198. The van der Waals surface area contributed by atoms with Gasteiger partial charge >= 0.3 is 0 Å². The molecule has 3 heterocycles. The van der Waals surface area contributed by atoms with Crippen LogP contribution in [0.15, 0.2) is 54.9 Å². The highest BCUT2D eigenvalue weighted by Crippen LogP contribution is 2.28. The van der Waals surface area contributed by atoms with Gasteiger partial charge < -0.3 is 19.6 Å². The van der Waals surface area contributed by atoms with Crippen LogP contribution in [-0.2, 0) is 0 Å². The third kappa shape index (κ3) is 4.93. The number of aliphatic hydroxyl groups is 1. The van der Waals surface area contributed by atoms with Gasteiger partial charge in [0.1, 0.15) is 18.2 Å². The zero-order chi connectivity index (χ0) is 20.9. The first kappa shape index (κ1) is 20.3. The summed E-state index contributed by atoms with van der Waals surface area (Å²) in [6.45, 7) is 2.88. The van der Waals surface area contributed by atoms with Crippen molar-refractivity contribution in [2.75, 3.05) is 45.2 Å². The van der Waals surface area contributed by atoms with Crippen LogP contribution in [0, 0.1) is 0 Å². The Balaban J connectivity index is 1.63. The number of ether oxygens (including phenoxy) is 1. The Hall–Kier alpha value is -3.03. The summed E-state index contributed by atoms with van der Waals surface area (Å²) < 4.78 is 5.80. The van der Waals surface area contributed by atoms with Crippen LogP contribution in [0.25, 0.3) is 22.6 Å². The molecule has 1 N–H and O–H groups in total. The maximum absolute atomic E-state index is 9.96. The molecule has 1 fully saturated rings. The van der Waals surface area contributed by atoms with Gasteiger partial charge in [0, 0.05) is 49.2 Å². The minimum atomic E-state index is -0.316. The smallest absolute Gasteiger partial charge is 0.163 e. The molecule has 30 heavy (non-hydrogen) atoms. The molecule has 7 heteroatoms. The van der Waals surface area contributed by atoms with Crippen LogP contribution >= 0.6 is 0 Å². The number of β-amino-alcohol motifs (C(OH)–C–C–N with tert-alkyl or cyclic N) is 1. The van der Waals surface area contributed by atoms with Crippen LogP contribution < -0.4 is 9.64 Å². The number of anilines is 1. The number of benzene rings is 1. The van der Waals surface area contributed by atoms with E-state index in [-0.39, 0.29) is 6.10 Å². The maximum Gasteiger partial charge on any atom is 0.163 e. The molecule has 0 bridgehead atoms. The summed E-state index contributed by atoms with van der Waals surface area (Å²) in [6, 6.07) is 13.8. The van der Waals surface area contributed by atoms with E-state index in [0.29, 0.717) is 19.0 Å². The zero-order valence-corrected chi connectivity index (χ0v) is 17.4. The number of rotatable bonds is 7. The number of pyridine rings is 1. The molecular weight excluding hydrogens is 378 g/mol. The lowest BCUT2D eigenvalue weighted by atomic mass is 10.1. The Labute approximate surface area is 177 Å². The van der Waals surface area contributed by atoms with Crippen molar-refractivity contribution in [1.82, 2.24) is 19.9 Å². The van der Waals surface area contributed by atoms with E-state index in [4.69, 9.17) is 14.7 Å². The monoisotopic (exact) mass is 405 g/mol. The third-order valence-corrected chi connectivity index (χ3v) is 5.08. The van der Waals surface area contributed by atoms with Crippen LogP contribution in [-0.4, -0.2) is 71.4 Å². The Morgan fingerprint density at radius 1 is 1.13 bits per heavy atom. The lowest BCUT2D eigenvalue weighted by Crippen LogP contribution is -2.22. The van der Waals surface area contributed by atoms with E-state index in [0.717, 1.165) is 47.9 Å². The van der Waals surface area contributed by atoms with Gasteiger partial charge in [-0.25, -0.2) is 9.97 Å². The summed E-state index contributed by atoms with van der Waals surface area (Å²) in [6.07, 6.45) is 3.94. The van der Waals surface area contributed by atoms with Crippen molar-refractivity contribution in [3.63, 3.8) is 0 Å².